The summed E-state index contributed by atoms with van der Waals surface area (Å²) in [6.45, 7) is 0. The predicted molar refractivity (Wildman–Crippen MR) is 85.9 cm³/mol. The molecule has 0 unspecified atom stereocenters. The second-order valence-corrected chi connectivity index (χ2v) is 5.43. The minimum atomic E-state index is -4.49. The van der Waals surface area contributed by atoms with Crippen molar-refractivity contribution in [2.75, 3.05) is 0 Å². The van der Waals surface area contributed by atoms with Crippen LogP contribution in [0.4, 0.5) is 13.2 Å². The van der Waals surface area contributed by atoms with Gasteiger partial charge in [-0.1, -0.05) is 30.3 Å². The molecule has 4 rings (SSSR count). The summed E-state index contributed by atoms with van der Waals surface area (Å²) in [5.74, 6) is 0.262. The average Bonchev–Trinajstić information content (AvgIpc) is 3.21. The fourth-order valence-corrected chi connectivity index (χ4v) is 2.70. The molecule has 120 valence electrons. The van der Waals surface area contributed by atoms with Gasteiger partial charge in [-0.2, -0.15) is 13.2 Å². The van der Waals surface area contributed by atoms with Crippen LogP contribution < -0.4 is 0 Å². The third-order valence-electron chi connectivity index (χ3n) is 3.84. The van der Waals surface area contributed by atoms with Crippen LogP contribution in [-0.4, -0.2) is 14.5 Å². The molecule has 6 heteroatoms. The van der Waals surface area contributed by atoms with E-state index in [2.05, 4.69) is 9.97 Å². The third kappa shape index (κ3) is 2.46. The monoisotopic (exact) mass is 327 g/mol. The van der Waals surface area contributed by atoms with Crippen LogP contribution in [0, 0.1) is 0 Å². The van der Waals surface area contributed by atoms with Crippen LogP contribution in [0.2, 0.25) is 0 Å². The summed E-state index contributed by atoms with van der Waals surface area (Å²) in [6.07, 6.45) is -1.66. The van der Waals surface area contributed by atoms with Gasteiger partial charge in [-0.05, 0) is 24.3 Å². The van der Waals surface area contributed by atoms with Crippen LogP contribution in [0.3, 0.4) is 0 Å². The second kappa shape index (κ2) is 5.26. The predicted octanol–water partition coefficient (Wildman–Crippen LogP) is 5.04. The summed E-state index contributed by atoms with van der Waals surface area (Å²) in [5, 5.41) is 0.925. The first kappa shape index (κ1) is 14.6. The van der Waals surface area contributed by atoms with Crippen molar-refractivity contribution >= 4 is 10.9 Å². The zero-order valence-corrected chi connectivity index (χ0v) is 12.4. The number of aromatic amines is 1. The summed E-state index contributed by atoms with van der Waals surface area (Å²) in [4.78, 5) is 6.90. The minimum absolute atomic E-state index is 0.262. The highest BCUT2D eigenvalue weighted by Crippen LogP contribution is 2.33. The fraction of sp³-hybridized carbons (Fsp3) is 0.0556. The Bertz CT molecular complexity index is 997. The number of benzene rings is 2. The zero-order valence-electron chi connectivity index (χ0n) is 12.4. The Hall–Kier alpha value is -3.02. The molecule has 24 heavy (non-hydrogen) atoms. The maximum absolute atomic E-state index is 13.1. The lowest BCUT2D eigenvalue weighted by Gasteiger charge is -2.08. The molecule has 0 radical (unpaired) electrons. The molecule has 0 spiro atoms. The summed E-state index contributed by atoms with van der Waals surface area (Å²) >= 11 is 0. The van der Waals surface area contributed by atoms with Gasteiger partial charge in [0.05, 0.1) is 0 Å². The standard InChI is InChI=1S/C18H12F3N3/c19-18(20,21)16-11-24(17(23-16)12-4-2-1-3-5-12)14-6-7-15-13(10-14)8-9-22-15/h1-11,22H. The lowest BCUT2D eigenvalue weighted by Crippen LogP contribution is -2.04. The number of hydrogen-bond acceptors (Lipinski definition) is 1. The van der Waals surface area contributed by atoms with Crippen LogP contribution >= 0.6 is 0 Å². The smallest absolute Gasteiger partial charge is 0.361 e. The first-order valence-electron chi connectivity index (χ1n) is 7.32. The van der Waals surface area contributed by atoms with Crippen molar-refractivity contribution < 1.29 is 13.2 Å². The molecule has 0 bridgehead atoms. The Morgan fingerprint density at radius 1 is 0.958 bits per heavy atom. The van der Waals surface area contributed by atoms with Gasteiger partial charge in [0.1, 0.15) is 5.82 Å². The molecule has 2 aromatic carbocycles. The maximum Gasteiger partial charge on any atom is 0.434 e. The summed E-state index contributed by atoms with van der Waals surface area (Å²) in [6, 6.07) is 16.2. The quantitative estimate of drug-likeness (QED) is 0.550. The first-order chi connectivity index (χ1) is 11.5. The zero-order chi connectivity index (χ0) is 16.7. The molecule has 0 saturated heterocycles. The van der Waals surface area contributed by atoms with Crippen molar-refractivity contribution in [3.63, 3.8) is 0 Å². The topological polar surface area (TPSA) is 33.6 Å². The molecular weight excluding hydrogens is 315 g/mol. The van der Waals surface area contributed by atoms with Crippen molar-refractivity contribution in [3.05, 3.63) is 72.7 Å². The molecule has 0 saturated carbocycles. The van der Waals surface area contributed by atoms with Crippen LogP contribution in [0.25, 0.3) is 28.0 Å². The molecule has 3 nitrogen and oxygen atoms in total. The van der Waals surface area contributed by atoms with Gasteiger partial charge in [-0.15, -0.1) is 0 Å². The summed E-state index contributed by atoms with van der Waals surface area (Å²) in [5.41, 5.74) is 1.28. The molecular formula is C18H12F3N3. The van der Waals surface area contributed by atoms with Gasteiger partial charge in [0.2, 0.25) is 0 Å². The van der Waals surface area contributed by atoms with Crippen LogP contribution in [0.1, 0.15) is 5.69 Å². The third-order valence-corrected chi connectivity index (χ3v) is 3.84. The second-order valence-electron chi connectivity index (χ2n) is 5.43. The Kier molecular flexibility index (Phi) is 3.19. The van der Waals surface area contributed by atoms with E-state index in [1.54, 1.807) is 36.5 Å². The molecule has 0 atom stereocenters. The molecule has 2 aromatic heterocycles. The molecule has 4 aromatic rings. The van der Waals surface area contributed by atoms with Crippen LogP contribution in [-0.2, 0) is 6.18 Å². The van der Waals surface area contributed by atoms with E-state index in [0.717, 1.165) is 17.1 Å². The van der Waals surface area contributed by atoms with Crippen molar-refractivity contribution in [1.82, 2.24) is 14.5 Å². The maximum atomic E-state index is 13.1. The lowest BCUT2D eigenvalue weighted by molar-refractivity contribution is -0.140. The Labute approximate surface area is 135 Å². The summed E-state index contributed by atoms with van der Waals surface area (Å²) < 4.78 is 40.9. The molecule has 2 heterocycles. The number of rotatable bonds is 2. The van der Waals surface area contributed by atoms with Crippen molar-refractivity contribution in [2.24, 2.45) is 0 Å². The van der Waals surface area contributed by atoms with E-state index in [9.17, 15) is 13.2 Å². The van der Waals surface area contributed by atoms with Gasteiger partial charge >= 0.3 is 6.18 Å². The van der Waals surface area contributed by atoms with E-state index in [1.165, 1.54) is 4.57 Å². The van der Waals surface area contributed by atoms with Gasteiger partial charge < -0.3 is 4.98 Å². The Balaban J connectivity index is 1.94. The minimum Gasteiger partial charge on any atom is -0.361 e. The Morgan fingerprint density at radius 3 is 2.50 bits per heavy atom. The van der Waals surface area contributed by atoms with Gasteiger partial charge in [0.15, 0.2) is 5.69 Å². The number of imidazole rings is 1. The largest absolute Gasteiger partial charge is 0.434 e. The molecule has 0 aliphatic rings. The Morgan fingerprint density at radius 2 is 1.75 bits per heavy atom. The highest BCUT2D eigenvalue weighted by atomic mass is 19.4. The van der Waals surface area contributed by atoms with Crippen LogP contribution in [0.5, 0.6) is 0 Å². The number of aromatic nitrogens is 3. The lowest BCUT2D eigenvalue weighted by atomic mass is 10.2. The van der Waals surface area contributed by atoms with Crippen molar-refractivity contribution in [2.45, 2.75) is 6.18 Å². The number of H-pyrrole nitrogens is 1. The number of fused-ring (bicyclic) bond motifs is 1. The van der Waals surface area contributed by atoms with Crippen LogP contribution in [0.15, 0.2) is 67.0 Å². The average molecular weight is 327 g/mol. The SMILES string of the molecule is FC(F)(F)c1cn(-c2ccc3[nH]ccc3c2)c(-c2ccccc2)n1. The van der Waals surface area contributed by atoms with E-state index >= 15 is 0 Å². The highest BCUT2D eigenvalue weighted by Gasteiger charge is 2.35. The van der Waals surface area contributed by atoms with Gasteiger partial charge in [0.25, 0.3) is 0 Å². The molecule has 0 aliphatic carbocycles. The first-order valence-corrected chi connectivity index (χ1v) is 7.32. The van der Waals surface area contributed by atoms with E-state index in [4.69, 9.17) is 0 Å². The number of halogens is 3. The van der Waals surface area contributed by atoms with Gasteiger partial charge in [-0.25, -0.2) is 4.98 Å². The van der Waals surface area contributed by atoms with E-state index < -0.39 is 11.9 Å². The van der Waals surface area contributed by atoms with Gasteiger partial charge in [-0.3, -0.25) is 4.57 Å². The van der Waals surface area contributed by atoms with E-state index in [0.29, 0.717) is 11.3 Å². The van der Waals surface area contributed by atoms with Crippen molar-refractivity contribution in [3.8, 4) is 17.1 Å². The highest BCUT2D eigenvalue weighted by molar-refractivity contribution is 5.81. The van der Waals surface area contributed by atoms with Gasteiger partial charge in [0, 0.05) is 34.5 Å². The van der Waals surface area contributed by atoms with E-state index in [1.807, 2.05) is 24.3 Å². The fourth-order valence-electron chi connectivity index (χ4n) is 2.70. The normalized spacial score (nSPS) is 12.0. The number of nitrogens with zero attached hydrogens (tertiary/aromatic N) is 2. The molecule has 1 N–H and O–H groups in total. The molecule has 0 aliphatic heterocycles. The summed E-state index contributed by atoms with van der Waals surface area (Å²) in [7, 11) is 0. The van der Waals surface area contributed by atoms with E-state index in [-0.39, 0.29) is 5.82 Å². The number of hydrogen-bond donors (Lipinski definition) is 1. The number of nitrogens with one attached hydrogen (secondary N) is 1. The number of alkyl halides is 3. The molecule has 0 fully saturated rings. The molecule has 0 amide bonds. The van der Waals surface area contributed by atoms with Crippen molar-refractivity contribution in [1.29, 1.82) is 0 Å².